The zero-order valence-electron chi connectivity index (χ0n) is 21.4. The third-order valence-electron chi connectivity index (χ3n) is 4.45. The Balaban J connectivity index is 3.68. The first kappa shape index (κ1) is 27.3. The molecular weight excluding hydrogens is 559 g/mol. The van der Waals surface area contributed by atoms with Crippen molar-refractivity contribution >= 4 is 8.80 Å². The van der Waals surface area contributed by atoms with Crippen LogP contribution in [0.25, 0.3) is 0 Å². The van der Waals surface area contributed by atoms with E-state index in [1.807, 2.05) is 0 Å². The van der Waals surface area contributed by atoms with Crippen molar-refractivity contribution in [2.24, 2.45) is 16.2 Å². The van der Waals surface area contributed by atoms with Gasteiger partial charge in [-0.25, -0.2) is 0 Å². The summed E-state index contributed by atoms with van der Waals surface area (Å²) >= 11 is -2.39. The van der Waals surface area contributed by atoms with Crippen LogP contribution >= 0.6 is 0 Å². The molecule has 176 valence electrons. The van der Waals surface area contributed by atoms with Crippen LogP contribution in [0.3, 0.4) is 0 Å². The molecule has 0 atom stereocenters. The molecule has 1 aliphatic carbocycles. The van der Waals surface area contributed by atoms with Gasteiger partial charge < -0.3 is 0 Å². The number of hydrogen-bond donors (Lipinski definition) is 0. The second kappa shape index (κ2) is 9.41. The van der Waals surface area contributed by atoms with Gasteiger partial charge in [-0.2, -0.15) is 0 Å². The van der Waals surface area contributed by atoms with Crippen molar-refractivity contribution in [3.63, 3.8) is 0 Å². The fourth-order valence-corrected chi connectivity index (χ4v) is 26.1. The summed E-state index contributed by atoms with van der Waals surface area (Å²) in [5.74, 6) is 0. The summed E-state index contributed by atoms with van der Waals surface area (Å²) in [6.07, 6.45) is 3.41. The quantitative estimate of drug-likeness (QED) is 0.267. The van der Waals surface area contributed by atoms with Crippen LogP contribution in [0.5, 0.6) is 0 Å². The first-order valence-electron chi connectivity index (χ1n) is 10.5. The minimum absolute atomic E-state index is 0.321. The Morgan fingerprint density at radius 1 is 0.759 bits per heavy atom. The van der Waals surface area contributed by atoms with Gasteiger partial charge in [0, 0.05) is 0 Å². The van der Waals surface area contributed by atoms with E-state index in [4.69, 9.17) is 13.3 Å². The first-order chi connectivity index (χ1) is 12.9. The number of hydrogen-bond acceptors (Lipinski definition) is 3. The van der Waals surface area contributed by atoms with Gasteiger partial charge in [-0.15, -0.1) is 0 Å². The van der Waals surface area contributed by atoms with Crippen LogP contribution in [-0.4, -0.2) is 30.1 Å². The van der Waals surface area contributed by atoms with E-state index in [0.717, 1.165) is 6.42 Å². The van der Waals surface area contributed by atoms with Crippen LogP contribution in [0.2, 0.25) is 14.4 Å². The first-order valence-corrected chi connectivity index (χ1v) is 18.2. The van der Waals surface area contributed by atoms with Gasteiger partial charge in [-0.3, -0.25) is 0 Å². The fourth-order valence-electron chi connectivity index (χ4n) is 4.20. The summed E-state index contributed by atoms with van der Waals surface area (Å²) in [6, 6.07) is 0. The van der Waals surface area contributed by atoms with Crippen molar-refractivity contribution in [3.05, 3.63) is 20.8 Å². The van der Waals surface area contributed by atoms with Crippen molar-refractivity contribution in [2.75, 3.05) is 21.3 Å². The fraction of sp³-hybridized carbons (Fsp3) is 0.833. The molecule has 0 bridgehead atoms. The Morgan fingerprint density at radius 3 is 1.38 bits per heavy atom. The Hall–Kier alpha value is 0.265. The van der Waals surface area contributed by atoms with Crippen molar-refractivity contribution in [3.8, 4) is 0 Å². The summed E-state index contributed by atoms with van der Waals surface area (Å²) < 4.78 is 19.3. The van der Waals surface area contributed by atoms with E-state index in [0.29, 0.717) is 16.2 Å². The van der Waals surface area contributed by atoms with Crippen LogP contribution in [0, 0.1) is 16.2 Å². The zero-order valence-corrected chi connectivity index (χ0v) is 24.7. The van der Waals surface area contributed by atoms with Crippen LogP contribution in [0.1, 0.15) is 75.7 Å². The maximum atomic E-state index is 5.87. The Morgan fingerprint density at radius 2 is 1.10 bits per heavy atom. The molecule has 0 unspecified atom stereocenters. The van der Waals surface area contributed by atoms with Gasteiger partial charge in [0.2, 0.25) is 0 Å². The molecule has 5 heteroatoms. The molecule has 0 heterocycles. The molecule has 0 saturated carbocycles. The van der Waals surface area contributed by atoms with E-state index in [1.165, 1.54) is 25.2 Å². The summed E-state index contributed by atoms with van der Waals surface area (Å²) in [6.45, 7) is 24.1. The monoisotopic (exact) mass is 607 g/mol. The van der Waals surface area contributed by atoms with Crippen LogP contribution in [0.15, 0.2) is 20.8 Å². The SMILES string of the molecule is CO[Si](OC)(OC)C1=CC[C]([Pt]([CH2]C(C)(C)C)([CH2]C(C)(C)C)[CH2]C(C)(C)C)=C1C. The number of rotatable bonds is 8. The van der Waals surface area contributed by atoms with Crippen molar-refractivity contribution < 1.29 is 29.3 Å². The third-order valence-corrected chi connectivity index (χ3v) is 23.4. The molecular formula is C24H48O3PtSi. The molecule has 0 aliphatic heterocycles. The van der Waals surface area contributed by atoms with Gasteiger partial charge in [0.15, 0.2) is 0 Å². The van der Waals surface area contributed by atoms with E-state index in [2.05, 4.69) is 75.3 Å². The zero-order chi connectivity index (χ0) is 22.9. The van der Waals surface area contributed by atoms with Crippen molar-refractivity contribution in [1.82, 2.24) is 0 Å². The molecule has 0 spiro atoms. The molecule has 29 heavy (non-hydrogen) atoms. The normalized spacial score (nSPS) is 17.8. The topological polar surface area (TPSA) is 27.7 Å². The van der Waals surface area contributed by atoms with Gasteiger partial charge in [-0.1, -0.05) is 0 Å². The summed E-state index contributed by atoms with van der Waals surface area (Å²) in [5.41, 5.74) is 2.38. The summed E-state index contributed by atoms with van der Waals surface area (Å²) in [7, 11) is 2.35. The molecule has 0 N–H and O–H groups in total. The average molecular weight is 608 g/mol. The Bertz CT molecular complexity index is 577. The van der Waals surface area contributed by atoms with Gasteiger partial charge in [0.1, 0.15) is 0 Å². The number of allylic oxidation sites excluding steroid dienone is 4. The van der Waals surface area contributed by atoms with Crippen LogP contribution in [-0.2, 0) is 29.3 Å². The molecule has 0 aromatic heterocycles. The molecule has 0 aromatic carbocycles. The predicted molar refractivity (Wildman–Crippen MR) is 125 cm³/mol. The van der Waals surface area contributed by atoms with Gasteiger partial charge >= 0.3 is 187 Å². The van der Waals surface area contributed by atoms with E-state index in [-0.39, 0.29) is 0 Å². The standard InChI is InChI=1S/C9H15O3Si.3C5H11.Pt/c1-8-6-5-7-9(8)13(10-2,11-3)12-4;3*1-5(2,3)4;/h7H,5H2,1-4H3;3*1H2,2-4H3;. The molecule has 0 aromatic rings. The van der Waals surface area contributed by atoms with Crippen molar-refractivity contribution in [1.29, 1.82) is 0 Å². The van der Waals surface area contributed by atoms with Gasteiger partial charge in [0.05, 0.1) is 0 Å². The molecule has 0 radical (unpaired) electrons. The van der Waals surface area contributed by atoms with Crippen LogP contribution < -0.4 is 0 Å². The Labute approximate surface area is 186 Å². The van der Waals surface area contributed by atoms with E-state index >= 15 is 0 Å². The van der Waals surface area contributed by atoms with Gasteiger partial charge in [-0.05, 0) is 0 Å². The van der Waals surface area contributed by atoms with Crippen LogP contribution in [0.4, 0.5) is 0 Å². The van der Waals surface area contributed by atoms with Crippen molar-refractivity contribution in [2.45, 2.75) is 90.1 Å². The predicted octanol–water partition coefficient (Wildman–Crippen LogP) is 7.55. The molecule has 0 saturated heterocycles. The van der Waals surface area contributed by atoms with E-state index in [1.54, 1.807) is 25.3 Å². The molecule has 0 amide bonds. The Kier molecular flexibility index (Phi) is 8.85. The molecule has 0 fully saturated rings. The molecule has 1 aliphatic rings. The molecule has 1 rings (SSSR count). The van der Waals surface area contributed by atoms with E-state index in [9.17, 15) is 0 Å². The second-order valence-corrected chi connectivity index (χ2v) is 24.3. The van der Waals surface area contributed by atoms with E-state index < -0.39 is 24.9 Å². The van der Waals surface area contributed by atoms with Gasteiger partial charge in [0.25, 0.3) is 0 Å². The summed E-state index contributed by atoms with van der Waals surface area (Å²) in [5, 5.41) is 1.20. The average Bonchev–Trinajstić information content (AvgIpc) is 2.87. The second-order valence-electron chi connectivity index (χ2n) is 11.8. The maximum absolute atomic E-state index is 5.87. The summed E-state index contributed by atoms with van der Waals surface area (Å²) in [4.78, 5) is 4.05. The molecule has 3 nitrogen and oxygen atoms in total. The minimum atomic E-state index is -2.81. The third kappa shape index (κ3) is 7.14.